The fraction of sp³-hybridized carbons (Fsp3) is 0.571. The van der Waals surface area contributed by atoms with Crippen LogP contribution in [0.5, 0.6) is 0 Å². The molecule has 112 valence electrons. The predicted octanol–water partition coefficient (Wildman–Crippen LogP) is 4.25. The van der Waals surface area contributed by atoms with Crippen LogP contribution in [-0.4, -0.2) is 19.3 Å². The van der Waals surface area contributed by atoms with Gasteiger partial charge in [0, 0.05) is 29.3 Å². The number of rotatable bonds is 2. The first-order valence-electron chi connectivity index (χ1n) is 6.65. The molecular formula is C14H18BrF3N2. The summed E-state index contributed by atoms with van der Waals surface area (Å²) in [5.41, 5.74) is 7.63. The van der Waals surface area contributed by atoms with Crippen LogP contribution < -0.4 is 10.6 Å². The number of hydrogen-bond donors (Lipinski definition) is 1. The molecule has 1 saturated heterocycles. The van der Waals surface area contributed by atoms with Crippen molar-refractivity contribution in [1.82, 2.24) is 0 Å². The van der Waals surface area contributed by atoms with Gasteiger partial charge >= 0.3 is 6.18 Å². The summed E-state index contributed by atoms with van der Waals surface area (Å²) >= 11 is 3.38. The second kappa shape index (κ2) is 5.93. The number of piperidine rings is 1. The zero-order chi connectivity index (χ0) is 14.9. The lowest BCUT2D eigenvalue weighted by Gasteiger charge is -2.36. The molecule has 6 heteroatoms. The smallest absolute Gasteiger partial charge is 0.371 e. The Labute approximate surface area is 125 Å². The Morgan fingerprint density at radius 3 is 2.70 bits per heavy atom. The van der Waals surface area contributed by atoms with Gasteiger partial charge in [0.2, 0.25) is 0 Å². The Morgan fingerprint density at radius 2 is 2.10 bits per heavy atom. The third kappa shape index (κ3) is 3.47. The Kier molecular flexibility index (Phi) is 4.64. The summed E-state index contributed by atoms with van der Waals surface area (Å²) in [5.74, 6) is -1.25. The molecule has 1 heterocycles. The predicted molar refractivity (Wildman–Crippen MR) is 77.7 cm³/mol. The second-order valence-electron chi connectivity index (χ2n) is 5.32. The Balaban J connectivity index is 2.27. The standard InChI is InChI=1S/C14H18BrF3N2/c1-9(19)12-7-11(15)4-5-13(12)20-6-2-3-10(8-20)14(16,17)18/h4-5,7,9-10H,2-3,6,8,19H2,1H3. The highest BCUT2D eigenvalue weighted by Gasteiger charge is 2.42. The third-order valence-electron chi connectivity index (χ3n) is 3.71. The van der Waals surface area contributed by atoms with Crippen LogP contribution in [0.4, 0.5) is 18.9 Å². The summed E-state index contributed by atoms with van der Waals surface area (Å²) in [6, 6.07) is 5.37. The highest BCUT2D eigenvalue weighted by molar-refractivity contribution is 9.10. The number of hydrogen-bond acceptors (Lipinski definition) is 2. The van der Waals surface area contributed by atoms with Crippen molar-refractivity contribution in [2.45, 2.75) is 32.0 Å². The maximum Gasteiger partial charge on any atom is 0.393 e. The number of nitrogens with zero attached hydrogens (tertiary/aromatic N) is 1. The molecule has 0 saturated carbocycles. The maximum absolute atomic E-state index is 12.9. The van der Waals surface area contributed by atoms with Gasteiger partial charge in [-0.1, -0.05) is 15.9 Å². The molecule has 2 unspecified atom stereocenters. The van der Waals surface area contributed by atoms with Crippen molar-refractivity contribution in [1.29, 1.82) is 0 Å². The number of benzene rings is 1. The van der Waals surface area contributed by atoms with E-state index in [0.29, 0.717) is 13.0 Å². The van der Waals surface area contributed by atoms with Gasteiger partial charge in [-0.05, 0) is 43.5 Å². The first kappa shape index (κ1) is 15.6. The van der Waals surface area contributed by atoms with Crippen molar-refractivity contribution in [3.05, 3.63) is 28.2 Å². The van der Waals surface area contributed by atoms with Crippen molar-refractivity contribution in [2.24, 2.45) is 11.7 Å². The minimum absolute atomic E-state index is 0.0187. The van der Waals surface area contributed by atoms with E-state index in [1.165, 1.54) is 0 Å². The fourth-order valence-electron chi connectivity index (χ4n) is 2.64. The molecule has 20 heavy (non-hydrogen) atoms. The van der Waals surface area contributed by atoms with Crippen LogP contribution in [0.3, 0.4) is 0 Å². The van der Waals surface area contributed by atoms with Crippen molar-refractivity contribution < 1.29 is 13.2 Å². The zero-order valence-corrected chi connectivity index (χ0v) is 12.8. The average Bonchev–Trinajstić information content (AvgIpc) is 2.37. The zero-order valence-electron chi connectivity index (χ0n) is 11.3. The monoisotopic (exact) mass is 350 g/mol. The SMILES string of the molecule is CC(N)c1cc(Br)ccc1N1CCCC(C(F)(F)F)C1. The summed E-state index contributed by atoms with van der Waals surface area (Å²) < 4.78 is 39.6. The molecule has 1 aromatic carbocycles. The molecule has 0 radical (unpaired) electrons. The lowest BCUT2D eigenvalue weighted by Crippen LogP contribution is -2.42. The minimum atomic E-state index is -4.12. The van der Waals surface area contributed by atoms with Crippen molar-refractivity contribution in [3.8, 4) is 0 Å². The molecule has 2 atom stereocenters. The molecule has 0 bridgehead atoms. The molecule has 1 fully saturated rings. The number of halogens is 4. The molecule has 2 N–H and O–H groups in total. The van der Waals surface area contributed by atoms with E-state index in [1.54, 1.807) is 0 Å². The first-order valence-corrected chi connectivity index (χ1v) is 7.45. The average molecular weight is 351 g/mol. The normalized spacial score (nSPS) is 21.9. The van der Waals surface area contributed by atoms with Crippen LogP contribution in [0.2, 0.25) is 0 Å². The lowest BCUT2D eigenvalue weighted by atomic mass is 9.95. The van der Waals surface area contributed by atoms with Crippen LogP contribution in [0.25, 0.3) is 0 Å². The first-order chi connectivity index (χ1) is 9.29. The van der Waals surface area contributed by atoms with E-state index in [9.17, 15) is 13.2 Å². The third-order valence-corrected chi connectivity index (χ3v) is 4.20. The van der Waals surface area contributed by atoms with Gasteiger partial charge in [0.25, 0.3) is 0 Å². The molecule has 1 aliphatic heterocycles. The van der Waals surface area contributed by atoms with E-state index >= 15 is 0 Å². The van der Waals surface area contributed by atoms with Crippen LogP contribution in [-0.2, 0) is 0 Å². The van der Waals surface area contributed by atoms with Gasteiger partial charge in [-0.25, -0.2) is 0 Å². The van der Waals surface area contributed by atoms with E-state index in [1.807, 2.05) is 30.0 Å². The number of alkyl halides is 3. The lowest BCUT2D eigenvalue weighted by molar-refractivity contribution is -0.176. The van der Waals surface area contributed by atoms with E-state index in [0.717, 1.165) is 15.7 Å². The Bertz CT molecular complexity index is 474. The van der Waals surface area contributed by atoms with Gasteiger partial charge in [0.1, 0.15) is 0 Å². The highest BCUT2D eigenvalue weighted by atomic mass is 79.9. The summed E-state index contributed by atoms with van der Waals surface area (Å²) in [7, 11) is 0. The van der Waals surface area contributed by atoms with Crippen LogP contribution in [0.1, 0.15) is 31.4 Å². The molecule has 2 rings (SSSR count). The van der Waals surface area contributed by atoms with Crippen molar-refractivity contribution >= 4 is 21.6 Å². The summed E-state index contributed by atoms with van der Waals surface area (Å²) in [5, 5.41) is 0. The van der Waals surface area contributed by atoms with Gasteiger partial charge in [0.15, 0.2) is 0 Å². The van der Waals surface area contributed by atoms with E-state index in [4.69, 9.17) is 5.73 Å². The molecule has 0 aromatic heterocycles. The highest BCUT2D eigenvalue weighted by Crippen LogP contribution is 2.37. The largest absolute Gasteiger partial charge is 0.393 e. The Hall–Kier alpha value is -0.750. The molecular weight excluding hydrogens is 333 g/mol. The van der Waals surface area contributed by atoms with Gasteiger partial charge in [-0.15, -0.1) is 0 Å². The molecule has 0 spiro atoms. The van der Waals surface area contributed by atoms with Gasteiger partial charge < -0.3 is 10.6 Å². The number of anilines is 1. The molecule has 1 aromatic rings. The van der Waals surface area contributed by atoms with Crippen LogP contribution in [0, 0.1) is 5.92 Å². The Morgan fingerprint density at radius 1 is 1.40 bits per heavy atom. The van der Waals surface area contributed by atoms with Crippen molar-refractivity contribution in [2.75, 3.05) is 18.0 Å². The molecule has 2 nitrogen and oxygen atoms in total. The molecule has 0 aliphatic carbocycles. The quantitative estimate of drug-likeness (QED) is 0.863. The second-order valence-corrected chi connectivity index (χ2v) is 6.23. The summed E-state index contributed by atoms with van der Waals surface area (Å²) in [6.45, 7) is 2.51. The maximum atomic E-state index is 12.9. The molecule has 1 aliphatic rings. The van der Waals surface area contributed by atoms with Gasteiger partial charge in [0.05, 0.1) is 5.92 Å². The summed E-state index contributed by atoms with van der Waals surface area (Å²) in [6.07, 6.45) is -3.36. The van der Waals surface area contributed by atoms with Gasteiger partial charge in [-0.3, -0.25) is 0 Å². The fourth-order valence-corrected chi connectivity index (χ4v) is 3.02. The van der Waals surface area contributed by atoms with E-state index in [2.05, 4.69) is 15.9 Å². The number of nitrogens with two attached hydrogens (primary N) is 1. The van der Waals surface area contributed by atoms with Crippen LogP contribution in [0.15, 0.2) is 22.7 Å². The summed E-state index contributed by atoms with van der Waals surface area (Å²) in [4.78, 5) is 1.81. The minimum Gasteiger partial charge on any atom is -0.371 e. The van der Waals surface area contributed by atoms with Crippen molar-refractivity contribution in [3.63, 3.8) is 0 Å². The van der Waals surface area contributed by atoms with E-state index in [-0.39, 0.29) is 19.0 Å². The topological polar surface area (TPSA) is 29.3 Å². The molecule has 0 amide bonds. The van der Waals surface area contributed by atoms with Crippen LogP contribution >= 0.6 is 15.9 Å². The van der Waals surface area contributed by atoms with E-state index < -0.39 is 12.1 Å². The van der Waals surface area contributed by atoms with Gasteiger partial charge in [-0.2, -0.15) is 13.2 Å².